The first-order chi connectivity index (χ1) is 11.6. The highest BCUT2D eigenvalue weighted by molar-refractivity contribution is 6.00. The number of hydrogen-bond donors (Lipinski definition) is 0. The van der Waals surface area contributed by atoms with Gasteiger partial charge in [-0.2, -0.15) is 5.10 Å². The predicted octanol–water partition coefficient (Wildman–Crippen LogP) is 2.10. The number of piperidine rings is 1. The first-order valence-corrected chi connectivity index (χ1v) is 8.22. The third-order valence-corrected chi connectivity index (χ3v) is 4.57. The minimum Gasteiger partial charge on any atom is -0.332 e. The molecule has 1 saturated heterocycles. The average Bonchev–Trinajstić information content (AvgIpc) is 3.15. The van der Waals surface area contributed by atoms with Gasteiger partial charge in [-0.3, -0.25) is 14.3 Å². The fraction of sp³-hybridized carbons (Fsp3) is 0.389. The van der Waals surface area contributed by atoms with Crippen molar-refractivity contribution in [2.45, 2.75) is 31.8 Å². The SMILES string of the molecule is C[C@H](C(=O)N(C)[C@@H]1CCCN(c2ccccc2)C1=O)n1cccn1. The number of rotatable bonds is 4. The molecule has 2 atom stereocenters. The molecule has 2 aromatic rings. The zero-order chi connectivity index (χ0) is 17.1. The third-order valence-electron chi connectivity index (χ3n) is 4.57. The number of carbonyl (C=O) groups excluding carboxylic acids is 2. The lowest BCUT2D eigenvalue weighted by Crippen LogP contribution is -2.54. The van der Waals surface area contributed by atoms with Crippen LogP contribution in [0.4, 0.5) is 5.69 Å². The van der Waals surface area contributed by atoms with Gasteiger partial charge in [0.1, 0.15) is 12.1 Å². The number of carbonyl (C=O) groups is 2. The second kappa shape index (κ2) is 6.86. The van der Waals surface area contributed by atoms with Crippen LogP contribution in [0.15, 0.2) is 48.8 Å². The summed E-state index contributed by atoms with van der Waals surface area (Å²) in [5, 5.41) is 4.12. The Labute approximate surface area is 141 Å². The maximum Gasteiger partial charge on any atom is 0.249 e. The van der Waals surface area contributed by atoms with Gasteiger partial charge in [0, 0.05) is 31.7 Å². The van der Waals surface area contributed by atoms with E-state index in [1.165, 1.54) is 0 Å². The molecule has 2 amide bonds. The van der Waals surface area contributed by atoms with E-state index in [4.69, 9.17) is 0 Å². The molecule has 3 rings (SSSR count). The molecule has 6 nitrogen and oxygen atoms in total. The van der Waals surface area contributed by atoms with Crippen LogP contribution in [0.1, 0.15) is 25.8 Å². The Morgan fingerprint density at radius 2 is 2.04 bits per heavy atom. The Balaban J connectivity index is 1.75. The van der Waals surface area contributed by atoms with Gasteiger partial charge in [-0.15, -0.1) is 0 Å². The largest absolute Gasteiger partial charge is 0.332 e. The lowest BCUT2D eigenvalue weighted by molar-refractivity contribution is -0.141. The van der Waals surface area contributed by atoms with Gasteiger partial charge in [-0.05, 0) is 38.0 Å². The van der Waals surface area contributed by atoms with Crippen molar-refractivity contribution in [3.63, 3.8) is 0 Å². The minimum atomic E-state index is -0.426. The summed E-state index contributed by atoms with van der Waals surface area (Å²) in [5.41, 5.74) is 0.883. The number of amides is 2. The molecule has 1 aromatic carbocycles. The molecule has 0 aliphatic carbocycles. The Morgan fingerprint density at radius 1 is 1.29 bits per heavy atom. The van der Waals surface area contributed by atoms with E-state index in [9.17, 15) is 9.59 Å². The van der Waals surface area contributed by atoms with Crippen molar-refractivity contribution in [1.29, 1.82) is 0 Å². The summed E-state index contributed by atoms with van der Waals surface area (Å²) in [6, 6.07) is 10.5. The van der Waals surface area contributed by atoms with Gasteiger partial charge < -0.3 is 9.80 Å². The number of likely N-dealkylation sites (N-methyl/N-ethyl adjacent to an activating group) is 1. The number of benzene rings is 1. The van der Waals surface area contributed by atoms with Crippen molar-refractivity contribution in [2.24, 2.45) is 0 Å². The summed E-state index contributed by atoms with van der Waals surface area (Å²) >= 11 is 0. The maximum absolute atomic E-state index is 12.9. The molecule has 6 heteroatoms. The van der Waals surface area contributed by atoms with Crippen molar-refractivity contribution in [3.8, 4) is 0 Å². The minimum absolute atomic E-state index is 0.0176. The quantitative estimate of drug-likeness (QED) is 0.864. The van der Waals surface area contributed by atoms with Gasteiger partial charge in [0.15, 0.2) is 0 Å². The van der Waals surface area contributed by atoms with E-state index in [2.05, 4.69) is 5.10 Å². The Morgan fingerprint density at radius 3 is 2.71 bits per heavy atom. The monoisotopic (exact) mass is 326 g/mol. The Hall–Kier alpha value is -2.63. The van der Waals surface area contributed by atoms with Gasteiger partial charge in [0.25, 0.3) is 0 Å². The molecule has 0 spiro atoms. The summed E-state index contributed by atoms with van der Waals surface area (Å²) in [4.78, 5) is 29.0. The Bertz CT molecular complexity index is 699. The van der Waals surface area contributed by atoms with Crippen LogP contribution < -0.4 is 4.90 Å². The molecule has 24 heavy (non-hydrogen) atoms. The van der Waals surface area contributed by atoms with Crippen LogP contribution in [0.25, 0.3) is 0 Å². The zero-order valence-corrected chi connectivity index (χ0v) is 14.0. The van der Waals surface area contributed by atoms with E-state index in [-0.39, 0.29) is 11.8 Å². The second-order valence-electron chi connectivity index (χ2n) is 6.09. The van der Waals surface area contributed by atoms with Crippen molar-refractivity contribution < 1.29 is 9.59 Å². The first-order valence-electron chi connectivity index (χ1n) is 8.22. The van der Waals surface area contributed by atoms with E-state index in [0.29, 0.717) is 13.0 Å². The Kier molecular flexibility index (Phi) is 4.64. The van der Waals surface area contributed by atoms with Gasteiger partial charge >= 0.3 is 0 Å². The van der Waals surface area contributed by atoms with Crippen LogP contribution in [0, 0.1) is 0 Å². The van der Waals surface area contributed by atoms with Crippen molar-refractivity contribution in [2.75, 3.05) is 18.5 Å². The highest BCUT2D eigenvalue weighted by Crippen LogP contribution is 2.24. The van der Waals surface area contributed by atoms with E-state index in [1.807, 2.05) is 30.3 Å². The lowest BCUT2D eigenvalue weighted by Gasteiger charge is -2.37. The standard InChI is InChI=1S/C18H22N4O2/c1-14(22-13-7-11-19-22)17(23)20(2)16-10-6-12-21(18(16)24)15-8-4-3-5-9-15/h3-5,7-9,11,13-14,16H,6,10,12H2,1-2H3/t14-,16-/m1/s1. The molecule has 0 radical (unpaired) electrons. The predicted molar refractivity (Wildman–Crippen MR) is 91.5 cm³/mol. The lowest BCUT2D eigenvalue weighted by atomic mass is 10.0. The third kappa shape index (κ3) is 3.04. The summed E-state index contributed by atoms with van der Waals surface area (Å²) < 4.78 is 1.61. The number of nitrogens with zero attached hydrogens (tertiary/aromatic N) is 4. The molecule has 1 aliphatic heterocycles. The van der Waals surface area contributed by atoms with Crippen molar-refractivity contribution in [1.82, 2.24) is 14.7 Å². The van der Waals surface area contributed by atoms with Gasteiger partial charge in [0.2, 0.25) is 11.8 Å². The summed E-state index contributed by atoms with van der Waals surface area (Å²) in [6.07, 6.45) is 4.97. The number of aromatic nitrogens is 2. The van der Waals surface area contributed by atoms with E-state index in [1.54, 1.807) is 46.9 Å². The summed E-state index contributed by atoms with van der Waals surface area (Å²) in [6.45, 7) is 2.49. The van der Waals surface area contributed by atoms with Gasteiger partial charge in [-0.1, -0.05) is 18.2 Å². The topological polar surface area (TPSA) is 58.4 Å². The second-order valence-corrected chi connectivity index (χ2v) is 6.09. The van der Waals surface area contributed by atoms with E-state index >= 15 is 0 Å². The molecule has 2 heterocycles. The first kappa shape index (κ1) is 16.2. The number of hydrogen-bond acceptors (Lipinski definition) is 3. The fourth-order valence-electron chi connectivity index (χ4n) is 3.15. The summed E-state index contributed by atoms with van der Waals surface area (Å²) in [5.74, 6) is -0.122. The molecule has 1 aliphatic rings. The average molecular weight is 326 g/mol. The summed E-state index contributed by atoms with van der Waals surface area (Å²) in [7, 11) is 1.71. The number of anilines is 1. The van der Waals surface area contributed by atoms with E-state index in [0.717, 1.165) is 12.1 Å². The molecule has 0 unspecified atom stereocenters. The molecule has 0 saturated carbocycles. The molecule has 1 fully saturated rings. The van der Waals surface area contributed by atoms with Crippen LogP contribution in [-0.4, -0.2) is 46.1 Å². The maximum atomic E-state index is 12.9. The van der Waals surface area contributed by atoms with Crippen LogP contribution in [0.5, 0.6) is 0 Å². The van der Waals surface area contributed by atoms with Gasteiger partial charge in [-0.25, -0.2) is 0 Å². The highest BCUT2D eigenvalue weighted by Gasteiger charge is 2.36. The smallest absolute Gasteiger partial charge is 0.249 e. The molecule has 0 bridgehead atoms. The van der Waals surface area contributed by atoms with Crippen molar-refractivity contribution in [3.05, 3.63) is 48.8 Å². The molecule has 1 aromatic heterocycles. The van der Waals surface area contributed by atoms with Crippen LogP contribution in [0.2, 0.25) is 0 Å². The van der Waals surface area contributed by atoms with E-state index < -0.39 is 12.1 Å². The van der Waals surface area contributed by atoms with Crippen molar-refractivity contribution >= 4 is 17.5 Å². The normalized spacial score (nSPS) is 19.2. The zero-order valence-electron chi connectivity index (χ0n) is 14.0. The number of para-hydroxylation sites is 1. The fourth-order valence-corrected chi connectivity index (χ4v) is 3.15. The molecule has 126 valence electrons. The van der Waals surface area contributed by atoms with Gasteiger partial charge in [0.05, 0.1) is 0 Å². The van der Waals surface area contributed by atoms with Crippen LogP contribution >= 0.6 is 0 Å². The highest BCUT2D eigenvalue weighted by atomic mass is 16.2. The molecule has 0 N–H and O–H groups in total. The molecular weight excluding hydrogens is 304 g/mol. The molecular formula is C18H22N4O2. The van der Waals surface area contributed by atoms with Crippen LogP contribution in [-0.2, 0) is 9.59 Å². The van der Waals surface area contributed by atoms with Crippen LogP contribution in [0.3, 0.4) is 0 Å².